The van der Waals surface area contributed by atoms with Crippen LogP contribution in [0.5, 0.6) is 11.5 Å². The number of carboxylic acid groups (broad SMARTS) is 1. The number of para-hydroxylation sites is 1. The number of benzene rings is 1. The van der Waals surface area contributed by atoms with E-state index in [9.17, 15) is 9.90 Å². The molecule has 18 heavy (non-hydrogen) atoms. The standard InChI is InChI=1S/C13H15NO4/c15-13(16)9-4-2-6-14-11(9)8-3-1-5-10-12(8)18-7-17-10/h1,3,5,9,11,14H,2,4,6-7H2,(H,15,16)/t9-,11+/m0/s1. The number of ether oxygens (including phenoxy) is 2. The first-order chi connectivity index (χ1) is 8.77. The zero-order valence-corrected chi connectivity index (χ0v) is 9.89. The Kier molecular flexibility index (Phi) is 2.83. The van der Waals surface area contributed by atoms with E-state index in [-0.39, 0.29) is 12.8 Å². The molecule has 2 heterocycles. The molecule has 5 nitrogen and oxygen atoms in total. The molecule has 0 unspecified atom stereocenters. The molecule has 0 bridgehead atoms. The van der Waals surface area contributed by atoms with Crippen molar-refractivity contribution in [2.45, 2.75) is 18.9 Å². The third-order valence-electron chi connectivity index (χ3n) is 3.54. The van der Waals surface area contributed by atoms with Gasteiger partial charge in [0.1, 0.15) is 0 Å². The summed E-state index contributed by atoms with van der Waals surface area (Å²) in [7, 11) is 0. The second-order valence-corrected chi connectivity index (χ2v) is 4.60. The minimum absolute atomic E-state index is 0.201. The molecule has 0 spiro atoms. The van der Waals surface area contributed by atoms with Gasteiger partial charge in [0.25, 0.3) is 0 Å². The molecule has 1 saturated heterocycles. The van der Waals surface area contributed by atoms with Gasteiger partial charge in [0, 0.05) is 11.6 Å². The summed E-state index contributed by atoms with van der Waals surface area (Å²) in [5, 5.41) is 12.6. The Morgan fingerprint density at radius 1 is 1.39 bits per heavy atom. The van der Waals surface area contributed by atoms with Crippen molar-refractivity contribution in [2.75, 3.05) is 13.3 Å². The van der Waals surface area contributed by atoms with Gasteiger partial charge >= 0.3 is 5.97 Å². The number of hydrogen-bond donors (Lipinski definition) is 2. The van der Waals surface area contributed by atoms with Crippen molar-refractivity contribution in [1.29, 1.82) is 0 Å². The molecule has 1 aromatic rings. The van der Waals surface area contributed by atoms with Crippen molar-refractivity contribution in [1.82, 2.24) is 5.32 Å². The average molecular weight is 249 g/mol. The lowest BCUT2D eigenvalue weighted by Crippen LogP contribution is -2.38. The van der Waals surface area contributed by atoms with Crippen LogP contribution in [0.1, 0.15) is 24.4 Å². The van der Waals surface area contributed by atoms with Crippen molar-refractivity contribution in [2.24, 2.45) is 5.92 Å². The van der Waals surface area contributed by atoms with Crippen LogP contribution in [0.2, 0.25) is 0 Å². The van der Waals surface area contributed by atoms with E-state index in [2.05, 4.69) is 5.32 Å². The Morgan fingerprint density at radius 2 is 2.28 bits per heavy atom. The first-order valence-electron chi connectivity index (χ1n) is 6.12. The molecule has 1 aromatic carbocycles. The summed E-state index contributed by atoms with van der Waals surface area (Å²) < 4.78 is 10.8. The number of aliphatic carboxylic acids is 1. The van der Waals surface area contributed by atoms with Crippen molar-refractivity contribution in [3.63, 3.8) is 0 Å². The molecular weight excluding hydrogens is 234 g/mol. The molecule has 0 radical (unpaired) electrons. The van der Waals surface area contributed by atoms with Crippen molar-refractivity contribution in [3.8, 4) is 11.5 Å². The highest BCUT2D eigenvalue weighted by Gasteiger charge is 2.35. The first-order valence-corrected chi connectivity index (χ1v) is 6.12. The molecule has 0 saturated carbocycles. The highest BCUT2D eigenvalue weighted by molar-refractivity contribution is 5.72. The van der Waals surface area contributed by atoms with Gasteiger partial charge in [0.2, 0.25) is 6.79 Å². The van der Waals surface area contributed by atoms with Gasteiger partial charge in [-0.2, -0.15) is 0 Å². The average Bonchev–Trinajstić information content (AvgIpc) is 2.86. The summed E-state index contributed by atoms with van der Waals surface area (Å²) in [5.41, 5.74) is 0.886. The van der Waals surface area contributed by atoms with Gasteiger partial charge in [-0.3, -0.25) is 4.79 Å². The number of fused-ring (bicyclic) bond motifs is 1. The fraction of sp³-hybridized carbons (Fsp3) is 0.462. The monoisotopic (exact) mass is 249 g/mol. The van der Waals surface area contributed by atoms with E-state index in [4.69, 9.17) is 9.47 Å². The normalized spacial score (nSPS) is 26.0. The number of piperidine rings is 1. The lowest BCUT2D eigenvalue weighted by Gasteiger charge is -2.30. The van der Waals surface area contributed by atoms with E-state index < -0.39 is 11.9 Å². The molecule has 0 aliphatic carbocycles. The van der Waals surface area contributed by atoms with Gasteiger partial charge < -0.3 is 19.9 Å². The summed E-state index contributed by atoms with van der Waals surface area (Å²) in [6.07, 6.45) is 1.58. The minimum atomic E-state index is -0.760. The third kappa shape index (κ3) is 1.80. The van der Waals surface area contributed by atoms with Crippen LogP contribution in [0.4, 0.5) is 0 Å². The van der Waals surface area contributed by atoms with E-state index in [1.54, 1.807) is 0 Å². The lowest BCUT2D eigenvalue weighted by molar-refractivity contribution is -0.143. The quantitative estimate of drug-likeness (QED) is 0.832. The highest BCUT2D eigenvalue weighted by atomic mass is 16.7. The maximum Gasteiger partial charge on any atom is 0.308 e. The Balaban J connectivity index is 1.98. The topological polar surface area (TPSA) is 67.8 Å². The van der Waals surface area contributed by atoms with Crippen LogP contribution >= 0.6 is 0 Å². The van der Waals surface area contributed by atoms with Gasteiger partial charge in [-0.1, -0.05) is 12.1 Å². The predicted molar refractivity (Wildman–Crippen MR) is 63.7 cm³/mol. The van der Waals surface area contributed by atoms with Gasteiger partial charge in [0.15, 0.2) is 11.5 Å². The van der Waals surface area contributed by atoms with Gasteiger partial charge in [-0.15, -0.1) is 0 Å². The van der Waals surface area contributed by atoms with Crippen molar-refractivity contribution < 1.29 is 19.4 Å². The predicted octanol–water partition coefficient (Wildman–Crippen LogP) is 1.54. The maximum atomic E-state index is 11.3. The second-order valence-electron chi connectivity index (χ2n) is 4.60. The molecule has 2 atom stereocenters. The number of carbonyl (C=O) groups is 1. The second kappa shape index (κ2) is 4.49. The summed E-state index contributed by atoms with van der Waals surface area (Å²) in [5.74, 6) is 0.213. The number of hydrogen-bond acceptors (Lipinski definition) is 4. The van der Waals surface area contributed by atoms with Crippen LogP contribution in [-0.2, 0) is 4.79 Å². The molecule has 2 aliphatic rings. The molecular formula is C13H15NO4. The van der Waals surface area contributed by atoms with Crippen LogP contribution in [0.25, 0.3) is 0 Å². The Bertz CT molecular complexity index is 474. The van der Waals surface area contributed by atoms with Gasteiger partial charge in [-0.05, 0) is 25.5 Å². The zero-order chi connectivity index (χ0) is 12.5. The Morgan fingerprint density at radius 3 is 3.11 bits per heavy atom. The highest BCUT2D eigenvalue weighted by Crippen LogP contribution is 2.42. The first kappa shape index (κ1) is 11.3. The van der Waals surface area contributed by atoms with Crippen LogP contribution in [0, 0.1) is 5.92 Å². The van der Waals surface area contributed by atoms with Crippen molar-refractivity contribution in [3.05, 3.63) is 23.8 Å². The summed E-state index contributed by atoms with van der Waals surface area (Å²) >= 11 is 0. The lowest BCUT2D eigenvalue weighted by atomic mass is 9.86. The molecule has 1 fully saturated rings. The van der Waals surface area contributed by atoms with Gasteiger partial charge in [0.05, 0.1) is 5.92 Å². The largest absolute Gasteiger partial charge is 0.481 e. The molecule has 96 valence electrons. The fourth-order valence-corrected chi connectivity index (χ4v) is 2.68. The Labute approximate surface area is 105 Å². The zero-order valence-electron chi connectivity index (χ0n) is 9.89. The SMILES string of the molecule is O=C(O)[C@H]1CCCN[C@@H]1c1cccc2c1OCO2. The van der Waals surface area contributed by atoms with E-state index in [0.717, 1.165) is 18.5 Å². The summed E-state index contributed by atoms with van der Waals surface area (Å²) in [4.78, 5) is 11.3. The Hall–Kier alpha value is -1.75. The third-order valence-corrected chi connectivity index (χ3v) is 3.54. The number of rotatable bonds is 2. The van der Waals surface area contributed by atoms with E-state index >= 15 is 0 Å². The molecule has 0 amide bonds. The summed E-state index contributed by atoms with van der Waals surface area (Å²) in [6.45, 7) is 1.04. The molecule has 3 rings (SSSR count). The molecule has 5 heteroatoms. The number of carboxylic acids is 1. The van der Waals surface area contributed by atoms with Gasteiger partial charge in [-0.25, -0.2) is 0 Å². The number of nitrogens with one attached hydrogen (secondary N) is 1. The van der Waals surface area contributed by atoms with E-state index in [1.807, 2.05) is 18.2 Å². The smallest absolute Gasteiger partial charge is 0.308 e. The van der Waals surface area contributed by atoms with Crippen LogP contribution < -0.4 is 14.8 Å². The minimum Gasteiger partial charge on any atom is -0.481 e. The van der Waals surface area contributed by atoms with E-state index in [0.29, 0.717) is 17.9 Å². The fourth-order valence-electron chi connectivity index (χ4n) is 2.68. The molecule has 0 aromatic heterocycles. The van der Waals surface area contributed by atoms with Crippen LogP contribution in [0.3, 0.4) is 0 Å². The van der Waals surface area contributed by atoms with E-state index in [1.165, 1.54) is 0 Å². The maximum absolute atomic E-state index is 11.3. The summed E-state index contributed by atoms with van der Waals surface area (Å²) in [6, 6.07) is 5.42. The molecule has 2 N–H and O–H groups in total. The molecule has 2 aliphatic heterocycles. The van der Waals surface area contributed by atoms with Crippen molar-refractivity contribution >= 4 is 5.97 Å². The van der Waals surface area contributed by atoms with Crippen LogP contribution in [-0.4, -0.2) is 24.4 Å². The van der Waals surface area contributed by atoms with Crippen LogP contribution in [0.15, 0.2) is 18.2 Å².